The SMILES string of the molecule is FC1C=CCCNC1. The summed E-state index contributed by atoms with van der Waals surface area (Å²) in [5, 5.41) is 2.96. The number of hydrogen-bond acceptors (Lipinski definition) is 1. The highest BCUT2D eigenvalue weighted by Gasteiger charge is 2.01. The van der Waals surface area contributed by atoms with Gasteiger partial charge in [0.05, 0.1) is 0 Å². The smallest absolute Gasteiger partial charge is 0.131 e. The predicted octanol–water partition coefficient (Wildman–Crippen LogP) is 0.874. The largest absolute Gasteiger partial charge is 0.313 e. The van der Waals surface area contributed by atoms with E-state index in [1.54, 1.807) is 6.08 Å². The van der Waals surface area contributed by atoms with Crippen molar-refractivity contribution in [1.82, 2.24) is 5.32 Å². The first-order valence-electron chi connectivity index (χ1n) is 2.91. The number of nitrogens with one attached hydrogen (secondary N) is 1. The monoisotopic (exact) mass is 115 g/mol. The van der Waals surface area contributed by atoms with Gasteiger partial charge in [-0.05, 0) is 13.0 Å². The van der Waals surface area contributed by atoms with Crippen molar-refractivity contribution < 1.29 is 4.39 Å². The minimum absolute atomic E-state index is 0.483. The summed E-state index contributed by atoms with van der Waals surface area (Å²) in [6.07, 6.45) is 3.68. The third-order valence-corrected chi connectivity index (χ3v) is 1.17. The van der Waals surface area contributed by atoms with E-state index in [-0.39, 0.29) is 0 Å². The first-order chi connectivity index (χ1) is 3.89. The van der Waals surface area contributed by atoms with Crippen LogP contribution in [0.25, 0.3) is 0 Å². The summed E-state index contributed by atoms with van der Waals surface area (Å²) in [6.45, 7) is 1.40. The Hall–Kier alpha value is -0.370. The van der Waals surface area contributed by atoms with E-state index >= 15 is 0 Å². The summed E-state index contributed by atoms with van der Waals surface area (Å²) >= 11 is 0. The Morgan fingerprint density at radius 2 is 2.50 bits per heavy atom. The molecular formula is C6H10FN. The van der Waals surface area contributed by atoms with E-state index in [0.717, 1.165) is 13.0 Å². The maximum Gasteiger partial charge on any atom is 0.131 e. The molecule has 0 spiro atoms. The fourth-order valence-corrected chi connectivity index (χ4v) is 0.737. The van der Waals surface area contributed by atoms with E-state index in [1.165, 1.54) is 0 Å². The molecule has 1 rings (SSSR count). The molecule has 0 bridgehead atoms. The molecule has 1 heterocycles. The van der Waals surface area contributed by atoms with Crippen molar-refractivity contribution in [3.8, 4) is 0 Å². The van der Waals surface area contributed by atoms with Crippen LogP contribution in [0.5, 0.6) is 0 Å². The Labute approximate surface area is 48.6 Å². The molecule has 46 valence electrons. The van der Waals surface area contributed by atoms with Crippen molar-refractivity contribution in [2.45, 2.75) is 12.6 Å². The first kappa shape index (κ1) is 5.76. The van der Waals surface area contributed by atoms with Gasteiger partial charge in [0.15, 0.2) is 0 Å². The van der Waals surface area contributed by atoms with E-state index in [9.17, 15) is 4.39 Å². The van der Waals surface area contributed by atoms with Gasteiger partial charge in [0, 0.05) is 6.54 Å². The molecule has 1 aliphatic heterocycles. The summed E-state index contributed by atoms with van der Waals surface area (Å²) in [5.41, 5.74) is 0. The Morgan fingerprint density at radius 1 is 1.62 bits per heavy atom. The molecule has 1 unspecified atom stereocenters. The molecule has 0 radical (unpaired) electrons. The standard InChI is InChI=1S/C6H10FN/c7-6-3-1-2-4-8-5-6/h1,3,6,8H,2,4-5H2. The molecule has 0 aromatic carbocycles. The molecule has 0 aliphatic carbocycles. The zero-order valence-electron chi connectivity index (χ0n) is 4.73. The zero-order valence-corrected chi connectivity index (χ0v) is 4.73. The van der Waals surface area contributed by atoms with Crippen LogP contribution in [0.15, 0.2) is 12.2 Å². The van der Waals surface area contributed by atoms with E-state index in [1.807, 2.05) is 6.08 Å². The van der Waals surface area contributed by atoms with Crippen LogP contribution in [-0.4, -0.2) is 19.3 Å². The van der Waals surface area contributed by atoms with Crippen molar-refractivity contribution >= 4 is 0 Å². The van der Waals surface area contributed by atoms with Gasteiger partial charge in [0.2, 0.25) is 0 Å². The van der Waals surface area contributed by atoms with Crippen molar-refractivity contribution in [2.24, 2.45) is 0 Å². The summed E-state index contributed by atoms with van der Waals surface area (Å²) in [7, 11) is 0. The Morgan fingerprint density at radius 3 is 3.38 bits per heavy atom. The molecule has 1 nitrogen and oxygen atoms in total. The molecule has 0 aromatic rings. The first-order valence-corrected chi connectivity index (χ1v) is 2.91. The molecule has 0 saturated carbocycles. The average molecular weight is 115 g/mol. The van der Waals surface area contributed by atoms with Gasteiger partial charge in [-0.25, -0.2) is 4.39 Å². The van der Waals surface area contributed by atoms with Crippen LogP contribution in [0, 0.1) is 0 Å². The summed E-state index contributed by atoms with van der Waals surface area (Å²) in [6, 6.07) is 0. The van der Waals surface area contributed by atoms with Crippen LogP contribution in [0.1, 0.15) is 6.42 Å². The third-order valence-electron chi connectivity index (χ3n) is 1.17. The van der Waals surface area contributed by atoms with Crippen LogP contribution in [0.3, 0.4) is 0 Å². The number of hydrogen-bond donors (Lipinski definition) is 1. The molecule has 0 aromatic heterocycles. The van der Waals surface area contributed by atoms with Gasteiger partial charge >= 0.3 is 0 Å². The zero-order chi connectivity index (χ0) is 5.82. The maximum atomic E-state index is 12.3. The summed E-state index contributed by atoms with van der Waals surface area (Å²) < 4.78 is 12.3. The van der Waals surface area contributed by atoms with Crippen LogP contribution in [0.4, 0.5) is 4.39 Å². The molecule has 2 heteroatoms. The Bertz CT molecular complexity index is 90.5. The minimum atomic E-state index is -0.766. The van der Waals surface area contributed by atoms with Crippen molar-refractivity contribution in [3.05, 3.63) is 12.2 Å². The van der Waals surface area contributed by atoms with E-state index in [0.29, 0.717) is 6.54 Å². The molecule has 8 heavy (non-hydrogen) atoms. The molecule has 1 atom stereocenters. The Balaban J connectivity index is 2.33. The second-order valence-electron chi connectivity index (χ2n) is 1.94. The van der Waals surface area contributed by atoms with Crippen molar-refractivity contribution in [3.63, 3.8) is 0 Å². The average Bonchev–Trinajstić information content (AvgIpc) is 1.94. The molecule has 1 N–H and O–H groups in total. The van der Waals surface area contributed by atoms with Gasteiger partial charge in [-0.2, -0.15) is 0 Å². The number of rotatable bonds is 0. The second-order valence-corrected chi connectivity index (χ2v) is 1.94. The van der Waals surface area contributed by atoms with Gasteiger partial charge in [-0.1, -0.05) is 12.2 Å². The minimum Gasteiger partial charge on any atom is -0.313 e. The summed E-state index contributed by atoms with van der Waals surface area (Å²) in [4.78, 5) is 0. The maximum absolute atomic E-state index is 12.3. The lowest BCUT2D eigenvalue weighted by atomic mass is 10.3. The fourth-order valence-electron chi connectivity index (χ4n) is 0.737. The van der Waals surface area contributed by atoms with E-state index in [4.69, 9.17) is 0 Å². The highest BCUT2D eigenvalue weighted by atomic mass is 19.1. The van der Waals surface area contributed by atoms with Crippen LogP contribution in [0.2, 0.25) is 0 Å². The van der Waals surface area contributed by atoms with Gasteiger partial charge in [-0.15, -0.1) is 0 Å². The normalized spacial score (nSPS) is 29.9. The molecule has 0 saturated heterocycles. The van der Waals surface area contributed by atoms with Gasteiger partial charge in [0.1, 0.15) is 6.17 Å². The summed E-state index contributed by atoms with van der Waals surface area (Å²) in [5.74, 6) is 0. The molecule has 0 amide bonds. The van der Waals surface area contributed by atoms with Crippen LogP contribution < -0.4 is 5.32 Å². The lowest BCUT2D eigenvalue weighted by molar-refractivity contribution is 0.387. The van der Waals surface area contributed by atoms with E-state index in [2.05, 4.69) is 5.32 Å². The lowest BCUT2D eigenvalue weighted by Crippen LogP contribution is -2.20. The fraction of sp³-hybridized carbons (Fsp3) is 0.667. The topological polar surface area (TPSA) is 12.0 Å². The van der Waals surface area contributed by atoms with E-state index < -0.39 is 6.17 Å². The Kier molecular flexibility index (Phi) is 2.03. The van der Waals surface area contributed by atoms with Crippen LogP contribution >= 0.6 is 0 Å². The lowest BCUT2D eigenvalue weighted by Gasteiger charge is -1.98. The predicted molar refractivity (Wildman–Crippen MR) is 31.5 cm³/mol. The highest BCUT2D eigenvalue weighted by molar-refractivity contribution is 4.92. The van der Waals surface area contributed by atoms with Crippen molar-refractivity contribution in [1.29, 1.82) is 0 Å². The number of halogens is 1. The molecule has 0 fully saturated rings. The van der Waals surface area contributed by atoms with Crippen molar-refractivity contribution in [2.75, 3.05) is 13.1 Å². The van der Waals surface area contributed by atoms with Gasteiger partial charge < -0.3 is 5.32 Å². The quantitative estimate of drug-likeness (QED) is 0.462. The highest BCUT2D eigenvalue weighted by Crippen LogP contribution is 1.96. The molecule has 1 aliphatic rings. The number of alkyl halides is 1. The van der Waals surface area contributed by atoms with Gasteiger partial charge in [-0.3, -0.25) is 0 Å². The third kappa shape index (κ3) is 1.62. The molecular weight excluding hydrogens is 105 g/mol. The van der Waals surface area contributed by atoms with Gasteiger partial charge in [0.25, 0.3) is 0 Å². The second kappa shape index (κ2) is 2.82. The van der Waals surface area contributed by atoms with Crippen LogP contribution in [-0.2, 0) is 0 Å².